The molecular weight excluding hydrogens is 340 g/mol. The third-order valence-corrected chi connectivity index (χ3v) is 4.41. The molecule has 25 heavy (non-hydrogen) atoms. The number of hydrogen-bond acceptors (Lipinski definition) is 5. The lowest BCUT2D eigenvalue weighted by Gasteiger charge is -2.20. The predicted molar refractivity (Wildman–Crippen MR) is 97.5 cm³/mol. The van der Waals surface area contributed by atoms with Crippen molar-refractivity contribution in [2.24, 2.45) is 5.92 Å². The van der Waals surface area contributed by atoms with E-state index in [1.54, 1.807) is 16.7 Å². The van der Waals surface area contributed by atoms with Crippen LogP contribution >= 0.6 is 11.8 Å². The first-order valence-corrected chi connectivity index (χ1v) is 9.34. The van der Waals surface area contributed by atoms with Crippen LogP contribution in [0.4, 0.5) is 5.69 Å². The van der Waals surface area contributed by atoms with E-state index in [0.29, 0.717) is 0 Å². The summed E-state index contributed by atoms with van der Waals surface area (Å²) in [6, 6.07) is 7.63. The number of amides is 2. The van der Waals surface area contributed by atoms with E-state index in [2.05, 4.69) is 5.32 Å². The van der Waals surface area contributed by atoms with Gasteiger partial charge in [0.15, 0.2) is 6.61 Å². The van der Waals surface area contributed by atoms with E-state index in [1.165, 1.54) is 0 Å². The number of anilines is 1. The van der Waals surface area contributed by atoms with Crippen LogP contribution in [0.3, 0.4) is 0 Å². The normalized spacial score (nSPS) is 17.5. The van der Waals surface area contributed by atoms with Crippen molar-refractivity contribution in [3.8, 4) is 0 Å². The second-order valence-electron chi connectivity index (χ2n) is 7.01. The first kappa shape index (κ1) is 19.3. The molecule has 1 N–H and O–H groups in total. The van der Waals surface area contributed by atoms with Gasteiger partial charge in [-0.15, -0.1) is 11.8 Å². The molecule has 1 atom stereocenters. The summed E-state index contributed by atoms with van der Waals surface area (Å²) in [5.41, 5.74) is 0.393. The second-order valence-corrected chi connectivity index (χ2v) is 7.89. The Morgan fingerprint density at radius 1 is 1.36 bits per heavy atom. The summed E-state index contributed by atoms with van der Waals surface area (Å²) in [4.78, 5) is 38.8. The van der Waals surface area contributed by atoms with Gasteiger partial charge in [0.2, 0.25) is 5.91 Å². The topological polar surface area (TPSA) is 75.7 Å². The van der Waals surface area contributed by atoms with E-state index >= 15 is 0 Å². The lowest BCUT2D eigenvalue weighted by atomic mass is 10.1. The molecule has 6 nitrogen and oxygen atoms in total. The molecule has 1 heterocycles. The molecule has 1 aliphatic heterocycles. The Kier molecular flexibility index (Phi) is 6.11. The smallest absolute Gasteiger partial charge is 0.311 e. The van der Waals surface area contributed by atoms with Gasteiger partial charge in [-0.1, -0.05) is 6.07 Å². The lowest BCUT2D eigenvalue weighted by molar-refractivity contribution is -0.152. The standard InChI is InChI=1S/C18H24N2O4S/c1-18(2,3)19-15(21)11-24-17(23)12-8-16(22)20(10-12)13-6-5-7-14(9-13)25-4/h5-7,9,12H,8,10-11H2,1-4H3,(H,19,21)/t12-/m1/s1. The molecule has 2 amide bonds. The molecule has 7 heteroatoms. The molecule has 1 fully saturated rings. The van der Waals surface area contributed by atoms with Gasteiger partial charge in [-0.05, 0) is 45.2 Å². The van der Waals surface area contributed by atoms with Crippen molar-refractivity contribution in [3.63, 3.8) is 0 Å². The number of rotatable bonds is 5. The molecule has 1 aromatic rings. The Morgan fingerprint density at radius 2 is 2.08 bits per heavy atom. The highest BCUT2D eigenvalue weighted by atomic mass is 32.2. The van der Waals surface area contributed by atoms with Crippen molar-refractivity contribution in [3.05, 3.63) is 24.3 Å². The van der Waals surface area contributed by atoms with Crippen molar-refractivity contribution < 1.29 is 19.1 Å². The largest absolute Gasteiger partial charge is 0.455 e. The van der Waals surface area contributed by atoms with Gasteiger partial charge in [-0.25, -0.2) is 0 Å². The van der Waals surface area contributed by atoms with Crippen LogP contribution in [0.25, 0.3) is 0 Å². The van der Waals surface area contributed by atoms with Crippen LogP contribution in [-0.2, 0) is 19.1 Å². The summed E-state index contributed by atoms with van der Waals surface area (Å²) in [6.45, 7) is 5.49. The molecule has 0 saturated carbocycles. The Labute approximate surface area is 152 Å². The summed E-state index contributed by atoms with van der Waals surface area (Å²) in [5, 5.41) is 2.73. The van der Waals surface area contributed by atoms with Crippen LogP contribution in [0.15, 0.2) is 29.2 Å². The average Bonchev–Trinajstić information content (AvgIpc) is 2.93. The maximum absolute atomic E-state index is 12.2. The van der Waals surface area contributed by atoms with Crippen LogP contribution in [-0.4, -0.2) is 42.7 Å². The third kappa shape index (κ3) is 5.49. The minimum absolute atomic E-state index is 0.100. The van der Waals surface area contributed by atoms with E-state index in [9.17, 15) is 14.4 Å². The number of benzene rings is 1. The van der Waals surface area contributed by atoms with Crippen molar-refractivity contribution in [2.45, 2.75) is 37.6 Å². The van der Waals surface area contributed by atoms with Crippen molar-refractivity contribution in [2.75, 3.05) is 24.3 Å². The second kappa shape index (κ2) is 7.91. The van der Waals surface area contributed by atoms with E-state index in [-0.39, 0.29) is 36.9 Å². The molecule has 2 rings (SSSR count). The molecule has 136 valence electrons. The van der Waals surface area contributed by atoms with Gasteiger partial charge in [0.1, 0.15) is 0 Å². The van der Waals surface area contributed by atoms with Gasteiger partial charge in [0.25, 0.3) is 5.91 Å². The lowest BCUT2D eigenvalue weighted by Crippen LogP contribution is -2.43. The molecule has 1 aliphatic rings. The Hall–Kier alpha value is -2.02. The molecule has 1 saturated heterocycles. The number of hydrogen-bond donors (Lipinski definition) is 1. The first-order chi connectivity index (χ1) is 11.7. The van der Waals surface area contributed by atoms with Crippen LogP contribution < -0.4 is 10.2 Å². The zero-order valence-corrected chi connectivity index (χ0v) is 15.8. The number of carbonyl (C=O) groups is 3. The maximum atomic E-state index is 12.2. The fourth-order valence-corrected chi connectivity index (χ4v) is 3.06. The summed E-state index contributed by atoms with van der Waals surface area (Å²) in [5.74, 6) is -1.53. The summed E-state index contributed by atoms with van der Waals surface area (Å²) in [6.07, 6.45) is 2.07. The predicted octanol–water partition coefficient (Wildman–Crippen LogP) is 2.22. The highest BCUT2D eigenvalue weighted by Crippen LogP contribution is 2.28. The summed E-state index contributed by atoms with van der Waals surface area (Å²) in [7, 11) is 0. The highest BCUT2D eigenvalue weighted by molar-refractivity contribution is 7.98. The molecular formula is C18H24N2O4S. The van der Waals surface area contributed by atoms with Crippen LogP contribution in [0.5, 0.6) is 0 Å². The fourth-order valence-electron chi connectivity index (χ4n) is 2.60. The molecule has 0 unspecified atom stereocenters. The summed E-state index contributed by atoms with van der Waals surface area (Å²) >= 11 is 1.59. The molecule has 0 aliphatic carbocycles. The van der Waals surface area contributed by atoms with Gasteiger partial charge in [0.05, 0.1) is 5.92 Å². The number of esters is 1. The zero-order chi connectivity index (χ0) is 18.6. The minimum Gasteiger partial charge on any atom is -0.455 e. The highest BCUT2D eigenvalue weighted by Gasteiger charge is 2.36. The van der Waals surface area contributed by atoms with Crippen LogP contribution in [0.1, 0.15) is 27.2 Å². The molecule has 0 bridgehead atoms. The first-order valence-electron chi connectivity index (χ1n) is 8.11. The zero-order valence-electron chi connectivity index (χ0n) is 15.0. The number of nitrogens with one attached hydrogen (secondary N) is 1. The van der Waals surface area contributed by atoms with Gasteiger partial charge in [-0.3, -0.25) is 14.4 Å². The Bertz CT molecular complexity index is 669. The monoisotopic (exact) mass is 364 g/mol. The third-order valence-electron chi connectivity index (χ3n) is 3.68. The quantitative estimate of drug-likeness (QED) is 0.640. The van der Waals surface area contributed by atoms with Gasteiger partial charge in [-0.2, -0.15) is 0 Å². The number of carbonyl (C=O) groups excluding carboxylic acids is 3. The van der Waals surface area contributed by atoms with Gasteiger partial charge in [0, 0.05) is 29.1 Å². The maximum Gasteiger partial charge on any atom is 0.311 e. The number of ether oxygens (including phenoxy) is 1. The molecule has 0 spiro atoms. The van der Waals surface area contributed by atoms with Crippen molar-refractivity contribution in [1.29, 1.82) is 0 Å². The van der Waals surface area contributed by atoms with Gasteiger partial charge >= 0.3 is 5.97 Å². The molecule has 0 radical (unpaired) electrons. The number of nitrogens with zero attached hydrogens (tertiary/aromatic N) is 1. The SMILES string of the molecule is CSc1cccc(N2C[C@H](C(=O)OCC(=O)NC(C)(C)C)CC2=O)c1. The van der Waals surface area contributed by atoms with Crippen molar-refractivity contribution in [1.82, 2.24) is 5.32 Å². The van der Waals surface area contributed by atoms with E-state index in [1.807, 2.05) is 51.3 Å². The van der Waals surface area contributed by atoms with Crippen molar-refractivity contribution >= 4 is 35.2 Å². The van der Waals surface area contributed by atoms with E-state index < -0.39 is 11.9 Å². The fraction of sp³-hybridized carbons (Fsp3) is 0.500. The Morgan fingerprint density at radius 3 is 2.72 bits per heavy atom. The van der Waals surface area contributed by atoms with Gasteiger partial charge < -0.3 is 15.0 Å². The Balaban J connectivity index is 1.93. The molecule has 0 aromatic heterocycles. The van der Waals surface area contributed by atoms with E-state index in [0.717, 1.165) is 10.6 Å². The van der Waals surface area contributed by atoms with Crippen LogP contribution in [0, 0.1) is 5.92 Å². The average molecular weight is 364 g/mol. The van der Waals surface area contributed by atoms with E-state index in [4.69, 9.17) is 4.74 Å². The summed E-state index contributed by atoms with van der Waals surface area (Å²) < 4.78 is 5.08. The minimum atomic E-state index is -0.548. The molecule has 1 aromatic carbocycles. The van der Waals surface area contributed by atoms with Crippen LogP contribution in [0.2, 0.25) is 0 Å². The number of thioether (sulfide) groups is 1.